The topological polar surface area (TPSA) is 50.6 Å². The van der Waals surface area contributed by atoms with Gasteiger partial charge in [-0.3, -0.25) is 9.69 Å². The summed E-state index contributed by atoms with van der Waals surface area (Å²) in [5.41, 5.74) is 0.731. The van der Waals surface area contributed by atoms with E-state index in [-0.39, 0.29) is 12.0 Å². The first-order valence-electron chi connectivity index (χ1n) is 10.6. The monoisotopic (exact) mass is 394 g/mol. The van der Waals surface area contributed by atoms with Crippen molar-refractivity contribution in [1.82, 2.24) is 19.4 Å². The molecule has 4 rings (SSSR count). The number of allylic oxidation sites excluding steroid dienone is 1. The van der Waals surface area contributed by atoms with E-state index < -0.39 is 0 Å². The second kappa shape index (κ2) is 9.27. The number of hydrogen-bond donors (Lipinski definition) is 0. The van der Waals surface area contributed by atoms with Crippen molar-refractivity contribution in [3.63, 3.8) is 0 Å². The fourth-order valence-corrected chi connectivity index (χ4v) is 3.99. The van der Waals surface area contributed by atoms with Crippen LogP contribution in [-0.2, 0) is 13.6 Å². The van der Waals surface area contributed by atoms with Crippen molar-refractivity contribution in [3.05, 3.63) is 60.2 Å². The number of imidazole rings is 1. The van der Waals surface area contributed by atoms with Crippen LogP contribution in [0.25, 0.3) is 0 Å². The number of benzene rings is 1. The standard InChI is InChI=1S/C23H30N4O2/c1-25-15-12-24-22(25)18-26-13-5-14-27(17-16-26)23(28)19-8-10-21(11-9-19)29-20-6-3-2-4-7-20/h3,6,8-12,15,20H,2,4-5,7,13-14,16-18H2,1H3. The first-order chi connectivity index (χ1) is 14.2. The highest BCUT2D eigenvalue weighted by Gasteiger charge is 2.21. The van der Waals surface area contributed by atoms with Gasteiger partial charge < -0.3 is 14.2 Å². The van der Waals surface area contributed by atoms with Gasteiger partial charge in [0.2, 0.25) is 0 Å². The van der Waals surface area contributed by atoms with Gasteiger partial charge in [-0.15, -0.1) is 0 Å². The van der Waals surface area contributed by atoms with Crippen LogP contribution in [0, 0.1) is 0 Å². The van der Waals surface area contributed by atoms with E-state index in [1.807, 2.05) is 48.6 Å². The highest BCUT2D eigenvalue weighted by Crippen LogP contribution is 2.20. The Morgan fingerprint density at radius 1 is 1.14 bits per heavy atom. The van der Waals surface area contributed by atoms with Crippen LogP contribution in [0.1, 0.15) is 41.9 Å². The summed E-state index contributed by atoms with van der Waals surface area (Å²) in [5.74, 6) is 2.00. The molecule has 1 fully saturated rings. The SMILES string of the molecule is Cn1ccnc1CN1CCCN(C(=O)c2ccc(OC3C=CCCC3)cc2)CC1. The molecule has 6 heteroatoms. The van der Waals surface area contributed by atoms with Gasteiger partial charge >= 0.3 is 0 Å². The first-order valence-corrected chi connectivity index (χ1v) is 10.6. The van der Waals surface area contributed by atoms with Crippen LogP contribution in [-0.4, -0.2) is 57.5 Å². The minimum absolute atomic E-state index is 0.105. The van der Waals surface area contributed by atoms with Gasteiger partial charge in [-0.25, -0.2) is 4.98 Å². The average Bonchev–Trinajstić information content (AvgIpc) is 3.00. The lowest BCUT2D eigenvalue weighted by molar-refractivity contribution is 0.0761. The van der Waals surface area contributed by atoms with Gasteiger partial charge in [-0.05, 0) is 56.0 Å². The summed E-state index contributed by atoms with van der Waals surface area (Å²) in [5, 5.41) is 0. The zero-order valence-electron chi connectivity index (χ0n) is 17.2. The Morgan fingerprint density at radius 2 is 2.00 bits per heavy atom. The molecule has 0 saturated carbocycles. The molecule has 0 radical (unpaired) electrons. The van der Waals surface area contributed by atoms with Crippen molar-refractivity contribution in [2.45, 2.75) is 38.3 Å². The highest BCUT2D eigenvalue weighted by molar-refractivity contribution is 5.94. The van der Waals surface area contributed by atoms with Crippen molar-refractivity contribution in [2.24, 2.45) is 7.05 Å². The molecule has 154 valence electrons. The molecule has 1 atom stereocenters. The molecule has 29 heavy (non-hydrogen) atoms. The zero-order valence-corrected chi connectivity index (χ0v) is 17.2. The van der Waals surface area contributed by atoms with Crippen LogP contribution < -0.4 is 4.74 Å². The van der Waals surface area contributed by atoms with E-state index in [4.69, 9.17) is 4.74 Å². The molecule has 1 amide bonds. The fourth-order valence-electron chi connectivity index (χ4n) is 3.99. The molecule has 1 unspecified atom stereocenters. The van der Waals surface area contributed by atoms with Crippen molar-refractivity contribution in [3.8, 4) is 5.75 Å². The van der Waals surface area contributed by atoms with E-state index in [0.29, 0.717) is 0 Å². The van der Waals surface area contributed by atoms with Gasteiger partial charge in [-0.1, -0.05) is 6.08 Å². The number of nitrogens with zero attached hydrogens (tertiary/aromatic N) is 4. The predicted molar refractivity (Wildman–Crippen MR) is 113 cm³/mol. The molecule has 0 spiro atoms. The van der Waals surface area contributed by atoms with E-state index in [2.05, 4.69) is 26.6 Å². The number of aromatic nitrogens is 2. The van der Waals surface area contributed by atoms with Gasteiger partial charge in [-0.2, -0.15) is 0 Å². The average molecular weight is 395 g/mol. The molecule has 1 aromatic carbocycles. The lowest BCUT2D eigenvalue weighted by Crippen LogP contribution is -2.35. The molecule has 1 saturated heterocycles. The third-order valence-electron chi connectivity index (χ3n) is 5.76. The second-order valence-corrected chi connectivity index (χ2v) is 7.92. The number of hydrogen-bond acceptors (Lipinski definition) is 4. The number of amides is 1. The van der Waals surface area contributed by atoms with E-state index in [1.165, 1.54) is 6.42 Å². The molecule has 0 bridgehead atoms. The molecular weight excluding hydrogens is 364 g/mol. The van der Waals surface area contributed by atoms with Crippen molar-refractivity contribution in [2.75, 3.05) is 26.2 Å². The number of aryl methyl sites for hydroxylation is 1. The number of carbonyl (C=O) groups excluding carboxylic acids is 1. The molecule has 0 N–H and O–H groups in total. The Morgan fingerprint density at radius 3 is 2.72 bits per heavy atom. The predicted octanol–water partition coefficient (Wildman–Crippen LogP) is 3.26. The molecule has 2 aliphatic rings. The third-order valence-corrected chi connectivity index (χ3v) is 5.76. The maximum Gasteiger partial charge on any atom is 0.253 e. The largest absolute Gasteiger partial charge is 0.486 e. The Hall–Kier alpha value is -2.60. The molecular formula is C23H30N4O2. The Kier molecular flexibility index (Phi) is 6.30. The Bertz CT molecular complexity index is 843. The first kappa shape index (κ1) is 19.7. The molecule has 2 aromatic rings. The van der Waals surface area contributed by atoms with Crippen molar-refractivity contribution >= 4 is 5.91 Å². The van der Waals surface area contributed by atoms with Crippen LogP contribution in [0.3, 0.4) is 0 Å². The highest BCUT2D eigenvalue weighted by atomic mass is 16.5. The van der Waals surface area contributed by atoms with Crippen LogP contribution in [0.2, 0.25) is 0 Å². The Balaban J connectivity index is 1.32. The quantitative estimate of drug-likeness (QED) is 0.731. The van der Waals surface area contributed by atoms with Crippen molar-refractivity contribution < 1.29 is 9.53 Å². The van der Waals surface area contributed by atoms with Crippen LogP contribution >= 0.6 is 0 Å². The van der Waals surface area contributed by atoms with E-state index in [0.717, 1.165) is 69.1 Å². The van der Waals surface area contributed by atoms with E-state index in [9.17, 15) is 4.79 Å². The van der Waals surface area contributed by atoms with Gasteiger partial charge in [0.25, 0.3) is 5.91 Å². The summed E-state index contributed by atoms with van der Waals surface area (Å²) < 4.78 is 8.06. The van der Waals surface area contributed by atoms with Gasteiger partial charge in [0.15, 0.2) is 0 Å². The summed E-state index contributed by atoms with van der Waals surface area (Å²) in [7, 11) is 2.02. The summed E-state index contributed by atoms with van der Waals surface area (Å²) in [4.78, 5) is 21.7. The van der Waals surface area contributed by atoms with Crippen LogP contribution in [0.5, 0.6) is 5.75 Å². The van der Waals surface area contributed by atoms with Crippen LogP contribution in [0.4, 0.5) is 0 Å². The number of ether oxygens (including phenoxy) is 1. The van der Waals surface area contributed by atoms with Gasteiger partial charge in [0, 0.05) is 51.2 Å². The normalized spacial score (nSPS) is 20.4. The molecule has 1 aliphatic heterocycles. The van der Waals surface area contributed by atoms with Crippen molar-refractivity contribution in [1.29, 1.82) is 0 Å². The zero-order chi connectivity index (χ0) is 20.1. The van der Waals surface area contributed by atoms with Gasteiger partial charge in [0.05, 0.1) is 6.54 Å². The lowest BCUT2D eigenvalue weighted by atomic mass is 10.1. The Labute approximate surface area is 172 Å². The summed E-state index contributed by atoms with van der Waals surface area (Å²) in [6.45, 7) is 4.22. The van der Waals surface area contributed by atoms with Crippen LogP contribution in [0.15, 0.2) is 48.8 Å². The summed E-state index contributed by atoms with van der Waals surface area (Å²) >= 11 is 0. The summed E-state index contributed by atoms with van der Waals surface area (Å²) in [6.07, 6.45) is 12.6. The minimum Gasteiger partial charge on any atom is -0.486 e. The lowest BCUT2D eigenvalue weighted by Gasteiger charge is -2.22. The second-order valence-electron chi connectivity index (χ2n) is 7.92. The van der Waals surface area contributed by atoms with Gasteiger partial charge in [0.1, 0.15) is 17.7 Å². The fraction of sp³-hybridized carbons (Fsp3) is 0.478. The third kappa shape index (κ3) is 5.07. The molecule has 6 nitrogen and oxygen atoms in total. The maximum absolute atomic E-state index is 13.0. The molecule has 1 aliphatic carbocycles. The number of rotatable bonds is 5. The summed E-state index contributed by atoms with van der Waals surface area (Å²) in [6, 6.07) is 7.61. The maximum atomic E-state index is 13.0. The van der Waals surface area contributed by atoms with E-state index >= 15 is 0 Å². The number of carbonyl (C=O) groups is 1. The molecule has 1 aromatic heterocycles. The minimum atomic E-state index is 0.105. The van der Waals surface area contributed by atoms with E-state index in [1.54, 1.807) is 0 Å². The molecule has 2 heterocycles. The smallest absolute Gasteiger partial charge is 0.253 e.